The maximum absolute atomic E-state index is 4.57. The average molecular weight is 990 g/mol. The molecule has 6 nitrogen and oxygen atoms in total. The van der Waals surface area contributed by atoms with Crippen molar-refractivity contribution in [3.05, 3.63) is 128 Å². The van der Waals surface area contributed by atoms with Gasteiger partial charge in [-0.1, -0.05) is 179 Å². The third kappa shape index (κ3) is 16.5. The summed E-state index contributed by atoms with van der Waals surface area (Å²) in [6, 6.07) is 24.6. The maximum Gasteiger partial charge on any atom is 0.138 e. The van der Waals surface area contributed by atoms with Crippen LogP contribution < -0.4 is 0 Å². The van der Waals surface area contributed by atoms with E-state index in [0.717, 1.165) is 70.7 Å². The Morgan fingerprint density at radius 2 is 0.667 bits per heavy atom. The lowest BCUT2D eigenvalue weighted by Crippen LogP contribution is -2.35. The number of hydrogen-bond donors (Lipinski definition) is 0. The molecule has 8 heteroatoms. The van der Waals surface area contributed by atoms with Crippen molar-refractivity contribution in [1.29, 1.82) is 0 Å². The first kappa shape index (κ1) is 58.0. The Morgan fingerprint density at radius 3 is 0.972 bits per heavy atom. The second-order valence-corrected chi connectivity index (χ2v) is 33.4. The molecule has 0 amide bonds. The Balaban J connectivity index is 1.91. The monoisotopic (exact) mass is 989 g/mol. The van der Waals surface area contributed by atoms with Crippen LogP contribution in [0.25, 0.3) is 0 Å². The Morgan fingerprint density at radius 1 is 0.375 bits per heavy atom. The fourth-order valence-electron chi connectivity index (χ4n) is 6.28. The first-order chi connectivity index (χ1) is 33.5. The van der Waals surface area contributed by atoms with E-state index in [0.29, 0.717) is 11.4 Å². The second kappa shape index (κ2) is 24.3. The highest BCUT2D eigenvalue weighted by molar-refractivity contribution is 6.88. The van der Waals surface area contributed by atoms with E-state index >= 15 is 0 Å². The fourth-order valence-corrected chi connectivity index (χ4v) is 7.92. The molecule has 0 aliphatic carbocycles. The summed E-state index contributed by atoms with van der Waals surface area (Å²) in [5.74, 6) is 34.0. The molecule has 0 heterocycles. The lowest BCUT2D eigenvalue weighted by Gasteiger charge is -2.31. The highest BCUT2D eigenvalue weighted by atomic mass is 28.3. The Labute approximate surface area is 438 Å². The zero-order valence-corrected chi connectivity index (χ0v) is 49.4. The molecule has 0 bridgehead atoms. The minimum absolute atomic E-state index is 0.0409. The van der Waals surface area contributed by atoms with Gasteiger partial charge in [-0.2, -0.15) is 0 Å². The zero-order chi connectivity index (χ0) is 53.7. The molecular weight excluding hydrogens is 909 g/mol. The molecule has 0 radical (unpaired) electrons. The van der Waals surface area contributed by atoms with E-state index in [2.05, 4.69) is 264 Å². The topological polar surface area (TPSA) is 55.9 Å². The van der Waals surface area contributed by atoms with E-state index in [-0.39, 0.29) is 20.9 Å². The highest BCUT2D eigenvalue weighted by Gasteiger charge is 2.34. The van der Waals surface area contributed by atoms with E-state index in [1.807, 2.05) is 46.4 Å². The van der Waals surface area contributed by atoms with E-state index in [4.69, 9.17) is 0 Å². The van der Waals surface area contributed by atoms with Crippen molar-refractivity contribution in [3.8, 4) is 70.3 Å². The van der Waals surface area contributed by atoms with Crippen LogP contribution in [0.1, 0.15) is 166 Å². The van der Waals surface area contributed by atoms with Gasteiger partial charge in [0, 0.05) is 70.7 Å². The van der Waals surface area contributed by atoms with Crippen molar-refractivity contribution in [1.82, 2.24) is 10.0 Å². The van der Waals surface area contributed by atoms with Crippen molar-refractivity contribution in [3.63, 3.8) is 0 Å². The quantitative estimate of drug-likeness (QED) is 0.0764. The van der Waals surface area contributed by atoms with Crippen LogP contribution in [0.3, 0.4) is 0 Å². The van der Waals surface area contributed by atoms with Gasteiger partial charge in [-0.15, -0.1) is 21.3 Å². The van der Waals surface area contributed by atoms with Crippen LogP contribution in [0.5, 0.6) is 0 Å². The van der Waals surface area contributed by atoms with Gasteiger partial charge in [0.05, 0.1) is 11.4 Å². The van der Waals surface area contributed by atoms with Crippen LogP contribution in [0, 0.1) is 70.3 Å². The highest BCUT2D eigenvalue weighted by Crippen LogP contribution is 2.37. The van der Waals surface area contributed by atoms with Gasteiger partial charge < -0.3 is 0 Å². The Bertz CT molecular complexity index is 2840. The summed E-state index contributed by atoms with van der Waals surface area (Å²) in [5, 5.41) is 22.2. The zero-order valence-electron chi connectivity index (χ0n) is 47.4. The molecule has 0 saturated heterocycles. The van der Waals surface area contributed by atoms with Gasteiger partial charge in [0.2, 0.25) is 0 Å². The molecule has 0 spiro atoms. The first-order valence-electron chi connectivity index (χ1n) is 25.5. The van der Waals surface area contributed by atoms with Crippen molar-refractivity contribution in [2.45, 2.75) is 158 Å². The summed E-state index contributed by atoms with van der Waals surface area (Å²) in [5.41, 5.74) is 17.7. The third-order valence-electron chi connectivity index (χ3n) is 13.7. The van der Waals surface area contributed by atoms with E-state index in [1.54, 1.807) is 0 Å². The van der Waals surface area contributed by atoms with E-state index in [9.17, 15) is 0 Å². The number of rotatable bonds is 8. The summed E-state index contributed by atoms with van der Waals surface area (Å²) >= 11 is 0. The normalized spacial score (nSPS) is 11.9. The summed E-state index contributed by atoms with van der Waals surface area (Å²) in [4.78, 5) is 0. The number of hydrogen-bond acceptors (Lipinski definition) is 4. The molecule has 0 aliphatic rings. The lowest BCUT2D eigenvalue weighted by molar-refractivity contribution is 0.300. The van der Waals surface area contributed by atoms with Crippen molar-refractivity contribution in [2.75, 3.05) is 26.2 Å². The molecule has 0 aromatic heterocycles. The second-order valence-electron chi connectivity index (χ2n) is 23.4. The molecule has 0 N–H and O–H groups in total. The van der Waals surface area contributed by atoms with Crippen LogP contribution in [0.15, 0.2) is 93.5 Å². The Hall–Kier alpha value is -6.53. The van der Waals surface area contributed by atoms with Crippen LogP contribution in [0.4, 0.5) is 11.4 Å². The molecule has 0 saturated carbocycles. The lowest BCUT2D eigenvalue weighted by atomic mass is 9.85. The average Bonchev–Trinajstić information content (AvgIpc) is 3.30. The van der Waals surface area contributed by atoms with Gasteiger partial charge in [-0.05, 0) is 132 Å². The van der Waals surface area contributed by atoms with E-state index in [1.165, 1.54) is 11.1 Å². The maximum atomic E-state index is 4.57. The molecule has 72 heavy (non-hydrogen) atoms. The Kier molecular flexibility index (Phi) is 19.6. The first-order valence-corrected chi connectivity index (χ1v) is 31.5. The van der Waals surface area contributed by atoms with Crippen LogP contribution in [-0.2, 0) is 10.8 Å². The minimum Gasteiger partial charge on any atom is -0.279 e. The summed E-state index contributed by atoms with van der Waals surface area (Å²) in [7, 11) is -3.79. The van der Waals surface area contributed by atoms with Crippen molar-refractivity contribution < 1.29 is 0 Å². The van der Waals surface area contributed by atoms with Crippen LogP contribution in [0.2, 0.25) is 36.3 Å². The predicted octanol–water partition coefficient (Wildman–Crippen LogP) is 16.0. The van der Waals surface area contributed by atoms with Crippen LogP contribution >= 0.6 is 0 Å². The SMILES string of the molecule is CCN(CC)N=Nc1ccc(C#CC#Cc2ccc(N=NN(CC)CC)cc2C#Cc2ccc(C(C)(C)C)cc2C#C[Si](C)(C)C(C)(C)C)c(C#Cc2ccc(C(C)(C)C)cc2C#C[Si](C)(C)C(C)(C)C)c1. The molecule has 4 aromatic rings. The molecule has 0 fully saturated rings. The summed E-state index contributed by atoms with van der Waals surface area (Å²) in [6.45, 7) is 47.7. The minimum atomic E-state index is -1.90. The van der Waals surface area contributed by atoms with Crippen LogP contribution in [-0.4, -0.2) is 52.3 Å². The molecule has 374 valence electrons. The largest absolute Gasteiger partial charge is 0.279 e. The number of nitrogens with zero attached hydrogens (tertiary/aromatic N) is 6. The fraction of sp³-hybridized carbons (Fsp3) is 0.438. The van der Waals surface area contributed by atoms with Gasteiger partial charge in [-0.25, -0.2) is 0 Å². The molecule has 4 rings (SSSR count). The molecule has 0 unspecified atom stereocenters. The van der Waals surface area contributed by atoms with Gasteiger partial charge in [-0.3, -0.25) is 10.0 Å². The standard InChI is InChI=1S/C64H80N6Si2/c1-21-69(22-2)67-65-59-39-35-49(53(47-59)31-29-51-33-37-57(61(5,6)7)45-55(51)41-43-71(17,18)63(11,12)13)27-25-26-28-50-36-40-60(66-68-70(23-3)24-4)48-54(50)32-30-52-34-38-58(62(8,9)10)46-56(52)42-44-72(19,20)64(14,15)16/h33-40,45-48H,21-24H2,1-20H3. The molecule has 0 atom stereocenters. The van der Waals surface area contributed by atoms with Crippen molar-refractivity contribution >= 4 is 27.5 Å². The number of benzene rings is 4. The summed E-state index contributed by atoms with van der Waals surface area (Å²) in [6.07, 6.45) is 0. The third-order valence-corrected chi connectivity index (χ3v) is 22.7. The molecular formula is C64H80N6Si2. The van der Waals surface area contributed by atoms with Gasteiger partial charge in [0.15, 0.2) is 0 Å². The van der Waals surface area contributed by atoms with Gasteiger partial charge in [0.1, 0.15) is 16.1 Å². The van der Waals surface area contributed by atoms with Crippen molar-refractivity contribution in [2.24, 2.45) is 20.7 Å². The smallest absolute Gasteiger partial charge is 0.138 e. The predicted molar refractivity (Wildman–Crippen MR) is 312 cm³/mol. The van der Waals surface area contributed by atoms with Gasteiger partial charge in [0.25, 0.3) is 0 Å². The summed E-state index contributed by atoms with van der Waals surface area (Å²) < 4.78 is 0. The molecule has 0 aliphatic heterocycles. The van der Waals surface area contributed by atoms with Gasteiger partial charge >= 0.3 is 0 Å². The van der Waals surface area contributed by atoms with E-state index < -0.39 is 16.1 Å². The molecule has 4 aromatic carbocycles.